The minimum atomic E-state index is 0.132. The average molecular weight is 145 g/mol. The van der Waals surface area contributed by atoms with Gasteiger partial charge in [-0.05, 0) is 23.7 Å². The fourth-order valence-corrected chi connectivity index (χ4v) is 3.54. The van der Waals surface area contributed by atoms with Gasteiger partial charge in [-0.1, -0.05) is 0 Å². The van der Waals surface area contributed by atoms with Gasteiger partial charge in [0.1, 0.15) is 5.78 Å². The van der Waals surface area contributed by atoms with Crippen LogP contribution in [0.15, 0.2) is 0 Å². The van der Waals surface area contributed by atoms with Gasteiger partial charge < -0.3 is 0 Å². The van der Waals surface area contributed by atoms with E-state index in [2.05, 4.69) is 6.07 Å². The van der Waals surface area contributed by atoms with Gasteiger partial charge in [-0.2, -0.15) is 5.26 Å². The number of hydrogen-bond donors (Lipinski definition) is 0. The Morgan fingerprint density at radius 2 is 1.82 bits per heavy atom. The second kappa shape index (κ2) is 1.04. The fourth-order valence-electron chi connectivity index (χ4n) is 3.54. The maximum absolute atomic E-state index is 11.4. The SMILES string of the molecule is N#C[C@@H]1[C@H]2C(=O)C3[C@@H]4C([C@H]34)[C@@H]12. The minimum Gasteiger partial charge on any atom is -0.299 e. The van der Waals surface area contributed by atoms with E-state index in [0.29, 0.717) is 17.6 Å². The molecule has 0 aliphatic heterocycles. The number of rotatable bonds is 0. The number of nitrogens with zero attached hydrogens (tertiary/aromatic N) is 1. The topological polar surface area (TPSA) is 40.9 Å². The molecule has 0 amide bonds. The fraction of sp³-hybridized carbons (Fsp3) is 0.778. The van der Waals surface area contributed by atoms with Gasteiger partial charge in [0.15, 0.2) is 0 Å². The molecule has 0 radical (unpaired) electrons. The molecule has 11 heavy (non-hydrogen) atoms. The van der Waals surface area contributed by atoms with Crippen LogP contribution in [-0.2, 0) is 4.79 Å². The second-order valence-electron chi connectivity index (χ2n) is 4.42. The van der Waals surface area contributed by atoms with Gasteiger partial charge in [-0.15, -0.1) is 0 Å². The predicted molar refractivity (Wildman–Crippen MR) is 35.0 cm³/mol. The first-order valence-corrected chi connectivity index (χ1v) is 4.29. The summed E-state index contributed by atoms with van der Waals surface area (Å²) in [6.07, 6.45) is 0. The first kappa shape index (κ1) is 4.92. The standard InChI is InChI=1S/C9H7NO/c10-1-2-3-4(2)9(11)8-6-5(3)7(6)8/h2-8H/t2-,3-,4+,5?,6-,7+,8?/m0/s1. The molecule has 2 bridgehead atoms. The van der Waals surface area contributed by atoms with Crippen LogP contribution in [0.4, 0.5) is 0 Å². The van der Waals surface area contributed by atoms with Gasteiger partial charge in [0.25, 0.3) is 0 Å². The Kier molecular flexibility index (Phi) is 0.468. The van der Waals surface area contributed by atoms with Crippen LogP contribution < -0.4 is 0 Å². The Labute approximate surface area is 64.2 Å². The van der Waals surface area contributed by atoms with Crippen LogP contribution in [-0.4, -0.2) is 5.78 Å². The lowest BCUT2D eigenvalue weighted by Gasteiger charge is -2.15. The Morgan fingerprint density at radius 3 is 2.45 bits per heavy atom. The predicted octanol–water partition coefficient (Wildman–Crippen LogP) is 0.447. The van der Waals surface area contributed by atoms with Crippen molar-refractivity contribution in [3.05, 3.63) is 0 Å². The van der Waals surface area contributed by atoms with Crippen molar-refractivity contribution in [2.24, 2.45) is 41.4 Å². The molecule has 0 aromatic carbocycles. The van der Waals surface area contributed by atoms with Crippen molar-refractivity contribution in [3.63, 3.8) is 0 Å². The molecule has 7 atom stereocenters. The summed E-state index contributed by atoms with van der Waals surface area (Å²) in [5.41, 5.74) is 0. The molecule has 0 N–H and O–H groups in total. The zero-order valence-electron chi connectivity index (χ0n) is 5.90. The smallest absolute Gasteiger partial charge is 0.141 e. The number of ketones is 1. The van der Waals surface area contributed by atoms with Gasteiger partial charge in [0, 0.05) is 11.8 Å². The van der Waals surface area contributed by atoms with Gasteiger partial charge in [-0.25, -0.2) is 0 Å². The number of hydrogen-bond acceptors (Lipinski definition) is 2. The zero-order chi connectivity index (χ0) is 7.33. The number of Topliss-reactive ketones (excluding diaryl/α,β-unsaturated/α-hetero) is 1. The maximum Gasteiger partial charge on any atom is 0.141 e. The summed E-state index contributed by atoms with van der Waals surface area (Å²) < 4.78 is 0. The maximum atomic E-state index is 11.4. The first-order chi connectivity index (χ1) is 5.36. The van der Waals surface area contributed by atoms with Crippen LogP contribution in [0.2, 0.25) is 0 Å². The van der Waals surface area contributed by atoms with Crippen LogP contribution in [0.1, 0.15) is 0 Å². The van der Waals surface area contributed by atoms with E-state index in [1.54, 1.807) is 0 Å². The van der Waals surface area contributed by atoms with Crippen molar-refractivity contribution >= 4 is 5.78 Å². The lowest BCUT2D eigenvalue weighted by molar-refractivity contribution is -0.125. The summed E-state index contributed by atoms with van der Waals surface area (Å²) in [5.74, 6) is 4.10. The van der Waals surface area contributed by atoms with Crippen molar-refractivity contribution in [3.8, 4) is 6.07 Å². The van der Waals surface area contributed by atoms with Crippen molar-refractivity contribution in [2.75, 3.05) is 0 Å². The van der Waals surface area contributed by atoms with Crippen molar-refractivity contribution in [1.29, 1.82) is 5.26 Å². The zero-order valence-corrected chi connectivity index (χ0v) is 5.90. The Morgan fingerprint density at radius 1 is 1.09 bits per heavy atom. The summed E-state index contributed by atoms with van der Waals surface area (Å²) in [6, 6.07) is 2.26. The van der Waals surface area contributed by atoms with E-state index in [4.69, 9.17) is 5.26 Å². The summed E-state index contributed by atoms with van der Waals surface area (Å²) in [5, 5.41) is 8.70. The Balaban J connectivity index is 1.80. The van der Waals surface area contributed by atoms with Crippen LogP contribution >= 0.6 is 0 Å². The van der Waals surface area contributed by atoms with Crippen LogP contribution in [0, 0.1) is 52.8 Å². The van der Waals surface area contributed by atoms with Crippen molar-refractivity contribution in [2.45, 2.75) is 0 Å². The highest BCUT2D eigenvalue weighted by Gasteiger charge is 2.88. The molecular weight excluding hydrogens is 138 g/mol. The van der Waals surface area contributed by atoms with Crippen LogP contribution in [0.25, 0.3) is 0 Å². The molecule has 0 heterocycles. The van der Waals surface area contributed by atoms with Crippen molar-refractivity contribution in [1.82, 2.24) is 0 Å². The number of carbonyl (C=O) groups is 1. The lowest BCUT2D eigenvalue weighted by Crippen LogP contribution is -2.22. The molecule has 2 heteroatoms. The van der Waals surface area contributed by atoms with E-state index in [-0.39, 0.29) is 11.8 Å². The summed E-state index contributed by atoms with van der Waals surface area (Å²) in [7, 11) is 0. The van der Waals surface area contributed by atoms with Gasteiger partial charge in [0.05, 0.1) is 12.0 Å². The first-order valence-electron chi connectivity index (χ1n) is 4.29. The second-order valence-corrected chi connectivity index (χ2v) is 4.42. The highest BCUT2D eigenvalue weighted by Crippen LogP contribution is 2.86. The molecule has 5 fully saturated rings. The molecule has 5 aliphatic rings. The van der Waals surface area contributed by atoms with E-state index < -0.39 is 0 Å². The van der Waals surface area contributed by atoms with E-state index in [0.717, 1.165) is 17.8 Å². The third-order valence-corrected chi connectivity index (χ3v) is 4.21. The van der Waals surface area contributed by atoms with Gasteiger partial charge >= 0.3 is 0 Å². The summed E-state index contributed by atoms with van der Waals surface area (Å²) >= 11 is 0. The molecule has 0 aromatic heterocycles. The van der Waals surface area contributed by atoms with E-state index in [9.17, 15) is 4.79 Å². The molecule has 2 unspecified atom stereocenters. The minimum absolute atomic E-state index is 0.132. The van der Waals surface area contributed by atoms with Gasteiger partial charge in [-0.3, -0.25) is 4.79 Å². The molecule has 0 saturated heterocycles. The Bertz CT molecular complexity index is 319. The largest absolute Gasteiger partial charge is 0.299 e. The molecule has 5 saturated carbocycles. The average Bonchev–Trinajstić information content (AvgIpc) is 2.84. The normalized spacial score (nSPS) is 72.6. The highest BCUT2D eigenvalue weighted by molar-refractivity contribution is 5.94. The van der Waals surface area contributed by atoms with Crippen LogP contribution in [0.3, 0.4) is 0 Å². The number of nitriles is 1. The molecule has 54 valence electrons. The third-order valence-electron chi connectivity index (χ3n) is 4.21. The summed E-state index contributed by atoms with van der Waals surface area (Å²) in [4.78, 5) is 11.4. The lowest BCUT2D eigenvalue weighted by atomic mass is 9.87. The molecule has 2 nitrogen and oxygen atoms in total. The van der Waals surface area contributed by atoms with E-state index in [1.165, 1.54) is 0 Å². The molecular formula is C9H7NO. The van der Waals surface area contributed by atoms with Crippen LogP contribution in [0.5, 0.6) is 0 Å². The quantitative estimate of drug-likeness (QED) is 0.496. The van der Waals surface area contributed by atoms with E-state index >= 15 is 0 Å². The monoisotopic (exact) mass is 145 g/mol. The third kappa shape index (κ3) is 0.306. The Hall–Kier alpha value is -0.840. The van der Waals surface area contributed by atoms with Crippen molar-refractivity contribution < 1.29 is 4.79 Å². The molecule has 0 spiro atoms. The van der Waals surface area contributed by atoms with E-state index in [1.807, 2.05) is 0 Å². The summed E-state index contributed by atoms with van der Waals surface area (Å²) in [6.45, 7) is 0. The molecule has 0 aromatic rings. The van der Waals surface area contributed by atoms with Gasteiger partial charge in [0.2, 0.25) is 0 Å². The molecule has 5 aliphatic carbocycles. The number of carbonyl (C=O) groups excluding carboxylic acids is 1. The highest BCUT2D eigenvalue weighted by atomic mass is 16.1. The molecule has 5 rings (SSSR count).